The summed E-state index contributed by atoms with van der Waals surface area (Å²) in [5.41, 5.74) is 4.39. The Morgan fingerprint density at radius 3 is 2.30 bits per heavy atom. The summed E-state index contributed by atoms with van der Waals surface area (Å²) in [5.74, 6) is 0.681. The maximum atomic E-state index is 11.7. The lowest BCUT2D eigenvalue weighted by Gasteiger charge is -2.32. The number of rotatable bonds is 5. The Balaban J connectivity index is 1.32. The maximum absolute atomic E-state index is 11.7. The number of sulfone groups is 1. The fourth-order valence-corrected chi connectivity index (χ4v) is 4.82. The summed E-state index contributed by atoms with van der Waals surface area (Å²) in [4.78, 5) is 11.2. The summed E-state index contributed by atoms with van der Waals surface area (Å²) < 4.78 is 25.4. The molecule has 2 aromatic carbocycles. The van der Waals surface area contributed by atoms with E-state index >= 15 is 0 Å². The molecule has 0 atom stereocenters. The molecule has 0 bridgehead atoms. The van der Waals surface area contributed by atoms with Crippen LogP contribution in [0.1, 0.15) is 24.4 Å². The smallest absolute Gasteiger partial charge is 0.225 e. The molecule has 0 radical (unpaired) electrons. The average molecular weight is 465 g/mol. The van der Waals surface area contributed by atoms with Gasteiger partial charge in [0.1, 0.15) is 5.52 Å². The van der Waals surface area contributed by atoms with Gasteiger partial charge in [-0.2, -0.15) is 0 Å². The predicted molar refractivity (Wildman–Crippen MR) is 125 cm³/mol. The van der Waals surface area contributed by atoms with Gasteiger partial charge in [0.05, 0.1) is 23.1 Å². The highest BCUT2D eigenvalue weighted by molar-refractivity contribution is 7.90. The minimum Gasteiger partial charge on any atom is -0.392 e. The molecule has 1 N–H and O–H groups in total. The van der Waals surface area contributed by atoms with Gasteiger partial charge in [0, 0.05) is 37.3 Å². The molecule has 5 rings (SSSR count). The molecule has 0 aliphatic carbocycles. The largest absolute Gasteiger partial charge is 0.392 e. The molecule has 0 unspecified atom stereocenters. The van der Waals surface area contributed by atoms with E-state index in [0.717, 1.165) is 48.1 Å². The molecular formula is C23H24N6O3S. The van der Waals surface area contributed by atoms with Crippen molar-refractivity contribution < 1.29 is 13.5 Å². The van der Waals surface area contributed by atoms with Crippen LogP contribution in [0.5, 0.6) is 0 Å². The van der Waals surface area contributed by atoms with Gasteiger partial charge in [-0.1, -0.05) is 23.4 Å². The van der Waals surface area contributed by atoms with E-state index in [0.29, 0.717) is 16.4 Å². The second-order valence-corrected chi connectivity index (χ2v) is 10.3. The molecule has 9 nitrogen and oxygen atoms in total. The predicted octanol–water partition coefficient (Wildman–Crippen LogP) is 2.63. The molecule has 1 aliphatic rings. The molecule has 1 fully saturated rings. The summed E-state index contributed by atoms with van der Waals surface area (Å²) in [6.45, 7) is 1.57. The molecule has 3 heterocycles. The van der Waals surface area contributed by atoms with Crippen molar-refractivity contribution >= 4 is 26.8 Å². The Hall–Kier alpha value is -3.37. The second kappa shape index (κ2) is 8.53. The maximum Gasteiger partial charge on any atom is 0.225 e. The van der Waals surface area contributed by atoms with Crippen LogP contribution >= 0.6 is 0 Å². The zero-order valence-electron chi connectivity index (χ0n) is 18.2. The first-order valence-electron chi connectivity index (χ1n) is 10.7. The van der Waals surface area contributed by atoms with E-state index in [-0.39, 0.29) is 12.6 Å². The Labute approximate surface area is 191 Å². The van der Waals surface area contributed by atoms with Gasteiger partial charge in [0.2, 0.25) is 5.95 Å². The van der Waals surface area contributed by atoms with Crippen molar-refractivity contribution in [2.75, 3.05) is 24.2 Å². The molecule has 10 heteroatoms. The summed E-state index contributed by atoms with van der Waals surface area (Å²) >= 11 is 0. The van der Waals surface area contributed by atoms with E-state index in [2.05, 4.69) is 25.2 Å². The number of aliphatic hydroxyl groups excluding tert-OH is 1. The average Bonchev–Trinajstić information content (AvgIpc) is 3.27. The lowest BCUT2D eigenvalue weighted by Crippen LogP contribution is -2.36. The Kier molecular flexibility index (Phi) is 5.55. The molecular weight excluding hydrogens is 440 g/mol. The zero-order chi connectivity index (χ0) is 23.0. The van der Waals surface area contributed by atoms with Crippen LogP contribution in [0, 0.1) is 0 Å². The summed E-state index contributed by atoms with van der Waals surface area (Å²) in [6.07, 6.45) is 6.32. The quantitative estimate of drug-likeness (QED) is 0.479. The van der Waals surface area contributed by atoms with Crippen LogP contribution < -0.4 is 4.90 Å². The minimum atomic E-state index is -3.22. The SMILES string of the molecule is CS(=O)(=O)c1ccc(-c2ccc3c(c2)nnn3C2CCN(c3ncc(CO)cn3)CC2)cc1. The van der Waals surface area contributed by atoms with E-state index in [1.54, 1.807) is 24.5 Å². The lowest BCUT2D eigenvalue weighted by atomic mass is 10.0. The second-order valence-electron chi connectivity index (χ2n) is 8.30. The Morgan fingerprint density at radius 1 is 1.00 bits per heavy atom. The van der Waals surface area contributed by atoms with Crippen LogP contribution in [0.15, 0.2) is 59.8 Å². The highest BCUT2D eigenvalue weighted by Crippen LogP contribution is 2.29. The summed E-state index contributed by atoms with van der Waals surface area (Å²) in [6, 6.07) is 13.1. The van der Waals surface area contributed by atoms with Crippen LogP contribution in [-0.4, -0.2) is 57.8 Å². The first-order valence-corrected chi connectivity index (χ1v) is 12.6. The van der Waals surface area contributed by atoms with E-state index < -0.39 is 9.84 Å². The number of nitrogens with zero attached hydrogens (tertiary/aromatic N) is 6. The van der Waals surface area contributed by atoms with E-state index in [1.807, 2.05) is 35.0 Å². The van der Waals surface area contributed by atoms with Crippen molar-refractivity contribution in [3.8, 4) is 11.1 Å². The fraction of sp³-hybridized carbons (Fsp3) is 0.304. The molecule has 33 heavy (non-hydrogen) atoms. The van der Waals surface area contributed by atoms with Crippen LogP contribution in [0.25, 0.3) is 22.2 Å². The van der Waals surface area contributed by atoms with Crippen molar-refractivity contribution in [3.63, 3.8) is 0 Å². The van der Waals surface area contributed by atoms with Gasteiger partial charge in [-0.3, -0.25) is 0 Å². The molecule has 0 amide bonds. The van der Waals surface area contributed by atoms with Crippen LogP contribution in [0.2, 0.25) is 0 Å². The molecule has 0 spiro atoms. The minimum absolute atomic E-state index is 0.0601. The van der Waals surface area contributed by atoms with Crippen molar-refractivity contribution in [3.05, 3.63) is 60.4 Å². The standard InChI is InChI=1S/C23H24N6O3S/c1-33(31,32)20-5-2-17(3-6-20)18-4-7-22-21(12-18)26-27-29(22)19-8-10-28(11-9-19)23-24-13-16(15-30)14-25-23/h2-7,12-14,19,30H,8-11,15H2,1H3. The van der Waals surface area contributed by atoms with Crippen molar-refractivity contribution in [2.45, 2.75) is 30.4 Å². The number of aliphatic hydroxyl groups is 1. The summed E-state index contributed by atoms with van der Waals surface area (Å²) in [7, 11) is -3.22. The number of hydrogen-bond acceptors (Lipinski definition) is 8. The van der Waals surface area contributed by atoms with Crippen molar-refractivity contribution in [1.29, 1.82) is 0 Å². The van der Waals surface area contributed by atoms with Gasteiger partial charge in [-0.15, -0.1) is 5.10 Å². The lowest BCUT2D eigenvalue weighted by molar-refractivity contribution is 0.281. The molecule has 2 aromatic heterocycles. The Bertz CT molecular complexity index is 1380. The third-order valence-electron chi connectivity index (χ3n) is 6.05. The van der Waals surface area contributed by atoms with Gasteiger partial charge in [-0.05, 0) is 48.2 Å². The Morgan fingerprint density at radius 2 is 1.67 bits per heavy atom. The monoisotopic (exact) mass is 464 g/mol. The van der Waals surface area contributed by atoms with Gasteiger partial charge in [-0.25, -0.2) is 23.1 Å². The topological polar surface area (TPSA) is 114 Å². The van der Waals surface area contributed by atoms with Gasteiger partial charge in [0.25, 0.3) is 0 Å². The molecule has 4 aromatic rings. The molecule has 0 saturated carbocycles. The number of piperidine rings is 1. The number of hydrogen-bond donors (Lipinski definition) is 1. The first-order chi connectivity index (χ1) is 15.9. The third kappa shape index (κ3) is 4.31. The number of aromatic nitrogens is 5. The van der Waals surface area contributed by atoms with E-state index in [4.69, 9.17) is 5.11 Å². The fourth-order valence-electron chi connectivity index (χ4n) is 4.19. The van der Waals surface area contributed by atoms with Crippen LogP contribution in [-0.2, 0) is 16.4 Å². The van der Waals surface area contributed by atoms with Gasteiger partial charge in [0.15, 0.2) is 9.84 Å². The van der Waals surface area contributed by atoms with Crippen LogP contribution in [0.4, 0.5) is 5.95 Å². The van der Waals surface area contributed by atoms with E-state index in [9.17, 15) is 8.42 Å². The van der Waals surface area contributed by atoms with Crippen molar-refractivity contribution in [1.82, 2.24) is 25.0 Å². The van der Waals surface area contributed by atoms with Gasteiger partial charge < -0.3 is 10.0 Å². The third-order valence-corrected chi connectivity index (χ3v) is 7.18. The molecule has 1 saturated heterocycles. The van der Waals surface area contributed by atoms with Gasteiger partial charge >= 0.3 is 0 Å². The summed E-state index contributed by atoms with van der Waals surface area (Å²) in [5, 5.41) is 18.0. The highest BCUT2D eigenvalue weighted by Gasteiger charge is 2.24. The number of benzene rings is 2. The highest BCUT2D eigenvalue weighted by atomic mass is 32.2. The van der Waals surface area contributed by atoms with E-state index in [1.165, 1.54) is 6.26 Å². The number of anilines is 1. The van der Waals surface area contributed by atoms with Crippen LogP contribution in [0.3, 0.4) is 0 Å². The number of fused-ring (bicyclic) bond motifs is 1. The molecule has 1 aliphatic heterocycles. The van der Waals surface area contributed by atoms with Crippen molar-refractivity contribution in [2.24, 2.45) is 0 Å². The first kappa shape index (κ1) is 21.5. The normalized spacial score (nSPS) is 15.3. The zero-order valence-corrected chi connectivity index (χ0v) is 19.0. The molecule has 170 valence electrons.